The van der Waals surface area contributed by atoms with Crippen LogP contribution in [0.2, 0.25) is 0 Å². The minimum absolute atomic E-state index is 0.608. The molecule has 0 fully saturated rings. The number of fused-ring (bicyclic) bond motifs is 11. The van der Waals surface area contributed by atoms with Crippen molar-refractivity contribution in [3.63, 3.8) is 0 Å². The first kappa shape index (κ1) is 41.7. The number of thiophene rings is 1. The van der Waals surface area contributed by atoms with Crippen LogP contribution in [0.4, 0.5) is 34.1 Å². The highest BCUT2D eigenvalue weighted by Gasteiger charge is 2.48. The lowest BCUT2D eigenvalue weighted by atomic mass is 9.67. The summed E-state index contributed by atoms with van der Waals surface area (Å²) in [7, 11) is 2.20. The molecule has 0 saturated carbocycles. The Bertz CT molecular complexity index is 4280. The molecule has 0 amide bonds. The summed E-state index contributed by atoms with van der Waals surface area (Å²) in [4.78, 5) is 4.83. The van der Waals surface area contributed by atoms with Gasteiger partial charge in [-0.3, -0.25) is 0 Å². The Morgan fingerprint density at radius 2 is 0.986 bits per heavy atom. The number of para-hydroxylation sites is 3. The van der Waals surface area contributed by atoms with Crippen LogP contribution in [0, 0.1) is 11.3 Å². The summed E-state index contributed by atoms with van der Waals surface area (Å²) in [6.07, 6.45) is 0. The Kier molecular flexibility index (Phi) is 9.54. The molecular formula is C67H44N4S. The fourth-order valence-electron chi connectivity index (χ4n) is 12.0. The van der Waals surface area contributed by atoms with Crippen molar-refractivity contribution in [2.24, 2.45) is 7.05 Å². The van der Waals surface area contributed by atoms with Gasteiger partial charge in [0.25, 0.3) is 0 Å². The molecule has 0 radical (unpaired) electrons. The Hall–Kier alpha value is -9.21. The summed E-state index contributed by atoms with van der Waals surface area (Å²) < 4.78 is 4.90. The summed E-state index contributed by atoms with van der Waals surface area (Å²) in [5, 5.41) is 17.5. The highest BCUT2D eigenvalue weighted by Crippen LogP contribution is 2.61. The van der Waals surface area contributed by atoms with Crippen LogP contribution < -0.4 is 9.80 Å². The van der Waals surface area contributed by atoms with E-state index in [0.717, 1.165) is 44.9 Å². The first-order valence-electron chi connectivity index (χ1n) is 24.5. The number of nitrogens with zero attached hydrogens (tertiary/aromatic N) is 4. The molecule has 2 aromatic heterocycles. The average Bonchev–Trinajstić information content (AvgIpc) is 4.07. The van der Waals surface area contributed by atoms with Gasteiger partial charge in [-0.15, -0.1) is 11.3 Å². The maximum atomic E-state index is 10.2. The summed E-state index contributed by atoms with van der Waals surface area (Å²) >= 11 is 1.85. The van der Waals surface area contributed by atoms with Gasteiger partial charge in [-0.05, 0) is 118 Å². The van der Waals surface area contributed by atoms with E-state index in [2.05, 4.69) is 258 Å². The molecule has 14 rings (SSSR count). The second-order valence-corrected chi connectivity index (χ2v) is 19.9. The van der Waals surface area contributed by atoms with Crippen LogP contribution in [0.3, 0.4) is 0 Å². The van der Waals surface area contributed by atoms with Crippen LogP contribution in [0.1, 0.15) is 27.8 Å². The Morgan fingerprint density at radius 1 is 0.417 bits per heavy atom. The van der Waals surface area contributed by atoms with Crippen molar-refractivity contribution in [2.45, 2.75) is 5.41 Å². The third-order valence-corrected chi connectivity index (χ3v) is 16.2. The molecule has 0 N–H and O–H groups in total. The minimum Gasteiger partial charge on any atom is -0.342 e. The van der Waals surface area contributed by atoms with E-state index >= 15 is 0 Å². The molecule has 4 nitrogen and oxygen atoms in total. The van der Waals surface area contributed by atoms with E-state index in [0.29, 0.717) is 5.56 Å². The molecule has 0 atom stereocenters. The maximum Gasteiger partial charge on any atom is 0.0992 e. The van der Waals surface area contributed by atoms with Crippen LogP contribution >= 0.6 is 11.3 Å². The largest absolute Gasteiger partial charge is 0.342 e. The molecule has 0 bridgehead atoms. The van der Waals surface area contributed by atoms with Crippen LogP contribution in [0.15, 0.2) is 249 Å². The number of aromatic nitrogens is 1. The van der Waals surface area contributed by atoms with E-state index in [9.17, 15) is 5.26 Å². The van der Waals surface area contributed by atoms with E-state index in [-0.39, 0.29) is 0 Å². The molecule has 0 aliphatic heterocycles. The highest BCUT2D eigenvalue weighted by molar-refractivity contribution is 7.25. The number of nitriles is 1. The molecule has 0 unspecified atom stereocenters. The molecule has 0 spiro atoms. The maximum absolute atomic E-state index is 10.2. The molecule has 1 aliphatic rings. The number of benzene rings is 11. The van der Waals surface area contributed by atoms with Gasteiger partial charge < -0.3 is 14.4 Å². The SMILES string of the molecule is Cn1c2ccccc2c2cccc(N(c3ccc4c(c3)C(c3ccccc3)(c3ccccc3)c3cc(N(c5ccccc5)c5cccc(C#N)c5)c5ccccc5c3-4)c3ccc4c(c3)sc3ccccc34)c21. The molecular weight excluding hydrogens is 893 g/mol. The van der Waals surface area contributed by atoms with Crippen molar-refractivity contribution in [1.82, 2.24) is 4.57 Å². The van der Waals surface area contributed by atoms with Crippen LogP contribution in [-0.2, 0) is 12.5 Å². The van der Waals surface area contributed by atoms with Crippen molar-refractivity contribution in [3.05, 3.63) is 277 Å². The fourth-order valence-corrected chi connectivity index (χ4v) is 13.2. The van der Waals surface area contributed by atoms with Gasteiger partial charge >= 0.3 is 0 Å². The van der Waals surface area contributed by atoms with Crippen molar-refractivity contribution in [2.75, 3.05) is 9.80 Å². The van der Waals surface area contributed by atoms with Gasteiger partial charge in [0, 0.05) is 71.6 Å². The Labute approximate surface area is 421 Å². The van der Waals surface area contributed by atoms with Crippen molar-refractivity contribution >= 4 is 98.2 Å². The molecule has 5 heteroatoms. The van der Waals surface area contributed by atoms with Gasteiger partial charge in [-0.1, -0.05) is 170 Å². The number of hydrogen-bond donors (Lipinski definition) is 0. The standard InChI is InChI=1S/C67H44N4S/c1-69-60-32-15-13-28-52(60)56-31-18-33-61(66(56)69)71(50-35-37-54-53-29-14-16-34-63(53)72-64(54)41-50)49-36-38-57-58(40-49)67(45-20-5-2-6-21-45,46-22-7-3-8-23-46)59-42-62(51-27-11-12-30-55(51)65(57)59)70(47-24-9-4-10-25-47)48-26-17-19-44(39-48)43-68/h2-42H,1H3. The zero-order valence-corrected chi connectivity index (χ0v) is 40.2. The van der Waals surface area contributed by atoms with E-state index in [1.807, 2.05) is 29.5 Å². The zero-order valence-electron chi connectivity index (χ0n) is 39.4. The van der Waals surface area contributed by atoms with E-state index in [1.165, 1.54) is 75.4 Å². The lowest BCUT2D eigenvalue weighted by Crippen LogP contribution is -2.29. The van der Waals surface area contributed by atoms with Crippen molar-refractivity contribution in [1.29, 1.82) is 5.26 Å². The molecule has 72 heavy (non-hydrogen) atoms. The highest BCUT2D eigenvalue weighted by atomic mass is 32.1. The predicted octanol–water partition coefficient (Wildman–Crippen LogP) is 18.0. The van der Waals surface area contributed by atoms with Gasteiger partial charge in [0.05, 0.1) is 33.9 Å². The number of anilines is 6. The second-order valence-electron chi connectivity index (χ2n) is 18.8. The van der Waals surface area contributed by atoms with Crippen molar-refractivity contribution in [3.8, 4) is 17.2 Å². The number of aryl methyl sites for hydroxylation is 1. The van der Waals surface area contributed by atoms with Gasteiger partial charge in [-0.25, -0.2) is 0 Å². The fraction of sp³-hybridized carbons (Fsp3) is 0.0299. The van der Waals surface area contributed by atoms with Gasteiger partial charge in [0.15, 0.2) is 0 Å². The van der Waals surface area contributed by atoms with Gasteiger partial charge in [0.2, 0.25) is 0 Å². The molecule has 13 aromatic rings. The quantitative estimate of drug-likeness (QED) is 0.152. The molecule has 2 heterocycles. The van der Waals surface area contributed by atoms with E-state index in [1.54, 1.807) is 0 Å². The van der Waals surface area contributed by atoms with E-state index < -0.39 is 5.41 Å². The smallest absolute Gasteiger partial charge is 0.0992 e. The van der Waals surface area contributed by atoms with Gasteiger partial charge in [0.1, 0.15) is 0 Å². The van der Waals surface area contributed by atoms with Crippen LogP contribution in [-0.4, -0.2) is 4.57 Å². The lowest BCUT2D eigenvalue weighted by molar-refractivity contribution is 0.769. The van der Waals surface area contributed by atoms with Crippen molar-refractivity contribution < 1.29 is 0 Å². The minimum atomic E-state index is -0.758. The summed E-state index contributed by atoms with van der Waals surface area (Å²) in [6, 6.07) is 93.0. The Balaban J connectivity index is 1.09. The molecule has 0 saturated heterocycles. The molecule has 11 aromatic carbocycles. The molecule has 1 aliphatic carbocycles. The molecule has 338 valence electrons. The predicted molar refractivity (Wildman–Crippen MR) is 302 cm³/mol. The first-order chi connectivity index (χ1) is 35.6. The van der Waals surface area contributed by atoms with Crippen LogP contribution in [0.25, 0.3) is 63.9 Å². The summed E-state index contributed by atoms with van der Waals surface area (Å²) in [6.45, 7) is 0. The first-order valence-corrected chi connectivity index (χ1v) is 25.3. The monoisotopic (exact) mass is 936 g/mol. The third kappa shape index (κ3) is 6.16. The Morgan fingerprint density at radius 3 is 1.75 bits per heavy atom. The number of rotatable bonds is 8. The average molecular weight is 937 g/mol. The summed E-state index contributed by atoms with van der Waals surface area (Å²) in [5.41, 5.74) is 15.7. The zero-order chi connectivity index (χ0) is 47.9. The topological polar surface area (TPSA) is 35.2 Å². The van der Waals surface area contributed by atoms with Crippen LogP contribution in [0.5, 0.6) is 0 Å². The van der Waals surface area contributed by atoms with E-state index in [4.69, 9.17) is 0 Å². The lowest BCUT2D eigenvalue weighted by Gasteiger charge is -2.36. The second kappa shape index (κ2) is 16.5. The normalized spacial score (nSPS) is 12.6. The van der Waals surface area contributed by atoms with Gasteiger partial charge in [-0.2, -0.15) is 5.26 Å². The summed E-state index contributed by atoms with van der Waals surface area (Å²) in [5.74, 6) is 0. The third-order valence-electron chi connectivity index (χ3n) is 15.0. The number of hydrogen-bond acceptors (Lipinski definition) is 4.